The van der Waals surface area contributed by atoms with Gasteiger partial charge in [0.25, 0.3) is 0 Å². The summed E-state index contributed by atoms with van der Waals surface area (Å²) in [5, 5.41) is 1.90. The van der Waals surface area contributed by atoms with E-state index in [2.05, 4.69) is 4.98 Å². The Labute approximate surface area is 90.6 Å². The van der Waals surface area contributed by atoms with Gasteiger partial charge in [0.2, 0.25) is 0 Å². The van der Waals surface area contributed by atoms with Gasteiger partial charge in [0.1, 0.15) is 5.82 Å². The summed E-state index contributed by atoms with van der Waals surface area (Å²) in [6.45, 7) is 0. The molecule has 0 radical (unpaired) electrons. The molecule has 76 valence electrons. The Morgan fingerprint density at radius 2 is 2.27 bits per heavy atom. The summed E-state index contributed by atoms with van der Waals surface area (Å²) >= 11 is 1.56. The lowest BCUT2D eigenvalue weighted by atomic mass is 10.3. The summed E-state index contributed by atoms with van der Waals surface area (Å²) in [7, 11) is 2.00. The number of hydrogen-bond acceptors (Lipinski definition) is 3. The van der Waals surface area contributed by atoms with Crippen molar-refractivity contribution in [2.75, 3.05) is 5.73 Å². The second kappa shape index (κ2) is 2.87. The van der Waals surface area contributed by atoms with E-state index in [9.17, 15) is 0 Å². The normalized spacial score (nSPS) is 11.3. The van der Waals surface area contributed by atoms with Gasteiger partial charge in [0.15, 0.2) is 4.96 Å². The van der Waals surface area contributed by atoms with Gasteiger partial charge in [-0.1, -0.05) is 0 Å². The highest BCUT2D eigenvalue weighted by molar-refractivity contribution is 7.15. The Kier molecular flexibility index (Phi) is 1.63. The monoisotopic (exact) mass is 218 g/mol. The molecule has 0 fully saturated rings. The molecule has 0 aliphatic heterocycles. The number of nitrogens with two attached hydrogens (primary N) is 1. The number of aromatic nitrogens is 3. The van der Waals surface area contributed by atoms with Crippen LogP contribution in [0.5, 0.6) is 0 Å². The maximum atomic E-state index is 5.80. The van der Waals surface area contributed by atoms with Crippen LogP contribution >= 0.6 is 11.3 Å². The zero-order chi connectivity index (χ0) is 10.4. The lowest BCUT2D eigenvalue weighted by molar-refractivity contribution is 0.928. The van der Waals surface area contributed by atoms with Crippen molar-refractivity contribution < 1.29 is 0 Å². The van der Waals surface area contributed by atoms with Crippen molar-refractivity contribution in [3.8, 4) is 11.3 Å². The molecule has 5 heteroatoms. The van der Waals surface area contributed by atoms with E-state index >= 15 is 0 Å². The van der Waals surface area contributed by atoms with E-state index in [4.69, 9.17) is 5.73 Å². The average molecular weight is 218 g/mol. The SMILES string of the molecule is Cn1ccc(-c2cn3c(N)csc3n2)c1. The van der Waals surface area contributed by atoms with Gasteiger partial charge in [-0.15, -0.1) is 11.3 Å². The molecule has 0 saturated carbocycles. The first kappa shape index (κ1) is 8.55. The van der Waals surface area contributed by atoms with E-state index in [1.807, 2.05) is 46.1 Å². The number of fused-ring (bicyclic) bond motifs is 1. The molecule has 0 bridgehead atoms. The molecule has 2 N–H and O–H groups in total. The minimum Gasteiger partial charge on any atom is -0.384 e. The molecule has 0 aromatic carbocycles. The molecule has 0 aliphatic rings. The summed E-state index contributed by atoms with van der Waals surface area (Å²) in [6.07, 6.45) is 6.02. The number of thiazole rings is 1. The van der Waals surface area contributed by atoms with Crippen LogP contribution in [0, 0.1) is 0 Å². The third-order valence-corrected chi connectivity index (χ3v) is 3.22. The van der Waals surface area contributed by atoms with E-state index in [1.54, 1.807) is 11.3 Å². The largest absolute Gasteiger partial charge is 0.384 e. The molecule has 15 heavy (non-hydrogen) atoms. The lowest BCUT2D eigenvalue weighted by Gasteiger charge is -1.89. The second-order valence-electron chi connectivity index (χ2n) is 3.50. The molecular formula is C10H10N4S. The first-order chi connectivity index (χ1) is 7.24. The summed E-state index contributed by atoms with van der Waals surface area (Å²) in [5.41, 5.74) is 7.89. The Hall–Kier alpha value is -1.75. The van der Waals surface area contributed by atoms with Crippen LogP contribution in [0.4, 0.5) is 5.82 Å². The summed E-state index contributed by atoms with van der Waals surface area (Å²) in [4.78, 5) is 5.44. The summed E-state index contributed by atoms with van der Waals surface area (Å²) in [6, 6.07) is 2.04. The van der Waals surface area contributed by atoms with Gasteiger partial charge < -0.3 is 10.3 Å². The van der Waals surface area contributed by atoms with Crippen molar-refractivity contribution in [2.24, 2.45) is 7.05 Å². The van der Waals surface area contributed by atoms with Crippen molar-refractivity contribution in [2.45, 2.75) is 0 Å². The number of hydrogen-bond donors (Lipinski definition) is 1. The maximum Gasteiger partial charge on any atom is 0.195 e. The van der Waals surface area contributed by atoms with Gasteiger partial charge in [-0.05, 0) is 6.07 Å². The molecular weight excluding hydrogens is 208 g/mol. The molecule has 4 nitrogen and oxygen atoms in total. The quantitative estimate of drug-likeness (QED) is 0.679. The third kappa shape index (κ3) is 1.24. The average Bonchev–Trinajstić information content (AvgIpc) is 2.84. The van der Waals surface area contributed by atoms with E-state index in [0.717, 1.165) is 22.0 Å². The van der Waals surface area contributed by atoms with Gasteiger partial charge in [-0.2, -0.15) is 0 Å². The first-order valence-electron chi connectivity index (χ1n) is 4.58. The van der Waals surface area contributed by atoms with Crippen molar-refractivity contribution in [3.05, 3.63) is 30.0 Å². The standard InChI is InChI=1S/C10H10N4S/c1-13-3-2-7(4-13)8-5-14-9(11)6-15-10(14)12-8/h2-6H,11H2,1H3. The molecule has 0 aliphatic carbocycles. The topological polar surface area (TPSA) is 48.2 Å². The fourth-order valence-corrected chi connectivity index (χ4v) is 2.36. The van der Waals surface area contributed by atoms with Crippen molar-refractivity contribution >= 4 is 22.1 Å². The van der Waals surface area contributed by atoms with Crippen LogP contribution in [0.3, 0.4) is 0 Å². The van der Waals surface area contributed by atoms with Crippen LogP contribution in [0.1, 0.15) is 0 Å². The maximum absolute atomic E-state index is 5.80. The summed E-state index contributed by atoms with van der Waals surface area (Å²) in [5.74, 6) is 0.740. The van der Waals surface area contributed by atoms with Crippen LogP contribution < -0.4 is 5.73 Å². The molecule has 0 saturated heterocycles. The van der Waals surface area contributed by atoms with Gasteiger partial charge in [0.05, 0.1) is 5.69 Å². The zero-order valence-corrected chi connectivity index (χ0v) is 9.03. The molecule has 3 aromatic rings. The lowest BCUT2D eigenvalue weighted by Crippen LogP contribution is -1.87. The van der Waals surface area contributed by atoms with E-state index in [1.165, 1.54) is 0 Å². The fraction of sp³-hybridized carbons (Fsp3) is 0.100. The predicted octanol–water partition coefficient (Wildman–Crippen LogP) is 1.98. The number of nitrogens with zero attached hydrogens (tertiary/aromatic N) is 3. The Morgan fingerprint density at radius 3 is 2.93 bits per heavy atom. The number of imidazole rings is 1. The van der Waals surface area contributed by atoms with Gasteiger partial charge in [-0.25, -0.2) is 4.98 Å². The number of anilines is 1. The molecule has 0 atom stereocenters. The van der Waals surface area contributed by atoms with E-state index < -0.39 is 0 Å². The van der Waals surface area contributed by atoms with Crippen LogP contribution in [0.2, 0.25) is 0 Å². The first-order valence-corrected chi connectivity index (χ1v) is 5.46. The summed E-state index contributed by atoms with van der Waals surface area (Å²) < 4.78 is 3.92. The molecule has 3 heterocycles. The van der Waals surface area contributed by atoms with Crippen molar-refractivity contribution in [1.29, 1.82) is 0 Å². The van der Waals surface area contributed by atoms with E-state index in [0.29, 0.717) is 0 Å². The number of rotatable bonds is 1. The van der Waals surface area contributed by atoms with Gasteiger partial charge in [-0.3, -0.25) is 4.40 Å². The van der Waals surface area contributed by atoms with Crippen LogP contribution in [-0.2, 0) is 7.05 Å². The van der Waals surface area contributed by atoms with Crippen molar-refractivity contribution in [3.63, 3.8) is 0 Å². The van der Waals surface area contributed by atoms with Crippen LogP contribution in [0.25, 0.3) is 16.2 Å². The second-order valence-corrected chi connectivity index (χ2v) is 4.34. The zero-order valence-electron chi connectivity index (χ0n) is 8.21. The van der Waals surface area contributed by atoms with Crippen molar-refractivity contribution in [1.82, 2.24) is 14.0 Å². The minimum absolute atomic E-state index is 0.740. The highest BCUT2D eigenvalue weighted by Crippen LogP contribution is 2.24. The third-order valence-electron chi connectivity index (χ3n) is 2.36. The molecule has 0 spiro atoms. The highest BCUT2D eigenvalue weighted by atomic mass is 32.1. The highest BCUT2D eigenvalue weighted by Gasteiger charge is 2.07. The van der Waals surface area contributed by atoms with Gasteiger partial charge in [0, 0.05) is 36.6 Å². The molecule has 3 rings (SSSR count). The predicted molar refractivity (Wildman–Crippen MR) is 61.9 cm³/mol. The van der Waals surface area contributed by atoms with Crippen LogP contribution in [0.15, 0.2) is 30.0 Å². The Balaban J connectivity index is 2.19. The Bertz CT molecular complexity index is 616. The smallest absolute Gasteiger partial charge is 0.195 e. The fourth-order valence-electron chi connectivity index (χ4n) is 1.60. The minimum atomic E-state index is 0.740. The van der Waals surface area contributed by atoms with Crippen LogP contribution in [-0.4, -0.2) is 14.0 Å². The molecule has 0 amide bonds. The number of nitrogen functional groups attached to an aromatic ring is 1. The molecule has 0 unspecified atom stereocenters. The van der Waals surface area contributed by atoms with Gasteiger partial charge >= 0.3 is 0 Å². The molecule has 3 aromatic heterocycles. The van der Waals surface area contributed by atoms with E-state index in [-0.39, 0.29) is 0 Å². The Morgan fingerprint density at radius 1 is 1.40 bits per heavy atom. The number of aryl methyl sites for hydroxylation is 1.